The van der Waals surface area contributed by atoms with Gasteiger partial charge in [0.15, 0.2) is 0 Å². The molecule has 3 rings (SSSR count). The van der Waals surface area contributed by atoms with Gasteiger partial charge in [-0.1, -0.05) is 12.1 Å². The number of nitrogens with one attached hydrogen (secondary N) is 1. The average Bonchev–Trinajstić information content (AvgIpc) is 2.60. The molecule has 0 bridgehead atoms. The smallest absolute Gasteiger partial charge is 0.252 e. The van der Waals surface area contributed by atoms with Gasteiger partial charge in [-0.25, -0.2) is 0 Å². The highest BCUT2D eigenvalue weighted by Crippen LogP contribution is 2.20. The number of carbonyl (C=O) groups excluding carboxylic acids is 1. The number of carbonyl (C=O) groups is 1. The predicted octanol–water partition coefficient (Wildman–Crippen LogP) is 2.74. The van der Waals surface area contributed by atoms with E-state index in [0.29, 0.717) is 23.8 Å². The lowest BCUT2D eigenvalue weighted by Crippen LogP contribution is -2.40. The first kappa shape index (κ1) is 17.4. The molecule has 1 fully saturated rings. The first-order valence-electron chi connectivity index (χ1n) is 8.80. The summed E-state index contributed by atoms with van der Waals surface area (Å²) in [5.41, 5.74) is 2.73. The molecule has 2 N–H and O–H groups in total. The van der Waals surface area contributed by atoms with Gasteiger partial charge < -0.3 is 10.4 Å². The maximum Gasteiger partial charge on any atom is 0.252 e. The number of aromatic hydroxyl groups is 1. The summed E-state index contributed by atoms with van der Waals surface area (Å²) in [6, 6.07) is 9.28. The van der Waals surface area contributed by atoms with Gasteiger partial charge in [0, 0.05) is 32.0 Å². The molecule has 1 amide bonds. The Morgan fingerprint density at radius 1 is 1.36 bits per heavy atom. The van der Waals surface area contributed by atoms with Crippen molar-refractivity contribution >= 4 is 5.91 Å². The van der Waals surface area contributed by atoms with Crippen molar-refractivity contribution in [3.8, 4) is 5.75 Å². The zero-order valence-corrected chi connectivity index (χ0v) is 14.6. The fourth-order valence-electron chi connectivity index (χ4n) is 3.39. The number of benzene rings is 1. The molecule has 1 saturated heterocycles. The second-order valence-electron chi connectivity index (χ2n) is 6.87. The van der Waals surface area contributed by atoms with Crippen LogP contribution in [0.5, 0.6) is 5.75 Å². The number of likely N-dealkylation sites (tertiary alicyclic amines) is 1. The van der Waals surface area contributed by atoms with Gasteiger partial charge in [0.1, 0.15) is 5.75 Å². The number of hydrogen-bond donors (Lipinski definition) is 2. The SMILES string of the molecule is Cc1cncc(C(=O)NC[C@H]2CCCN(Cc3cccc(O)c3)C2)c1. The number of aromatic nitrogens is 1. The number of nitrogens with zero attached hydrogens (tertiary/aromatic N) is 2. The molecule has 1 aliphatic rings. The number of phenols is 1. The summed E-state index contributed by atoms with van der Waals surface area (Å²) >= 11 is 0. The first-order valence-corrected chi connectivity index (χ1v) is 8.80. The molecule has 5 heteroatoms. The minimum absolute atomic E-state index is 0.0543. The zero-order valence-electron chi connectivity index (χ0n) is 14.6. The maximum absolute atomic E-state index is 12.3. The third-order valence-corrected chi connectivity index (χ3v) is 4.61. The van der Waals surface area contributed by atoms with E-state index in [1.165, 1.54) is 0 Å². The number of phenolic OH excluding ortho intramolecular Hbond substituents is 1. The van der Waals surface area contributed by atoms with Gasteiger partial charge in [-0.3, -0.25) is 14.7 Å². The Bertz CT molecular complexity index is 732. The number of pyridine rings is 1. The van der Waals surface area contributed by atoms with Gasteiger partial charge in [0.2, 0.25) is 0 Å². The highest BCUT2D eigenvalue weighted by Gasteiger charge is 2.21. The van der Waals surface area contributed by atoms with Gasteiger partial charge in [0.25, 0.3) is 5.91 Å². The summed E-state index contributed by atoms with van der Waals surface area (Å²) in [4.78, 5) is 18.7. The van der Waals surface area contributed by atoms with Crippen molar-refractivity contribution in [2.45, 2.75) is 26.3 Å². The van der Waals surface area contributed by atoms with E-state index < -0.39 is 0 Å². The third-order valence-electron chi connectivity index (χ3n) is 4.61. The van der Waals surface area contributed by atoms with E-state index in [0.717, 1.165) is 43.6 Å². The van der Waals surface area contributed by atoms with E-state index in [1.54, 1.807) is 18.5 Å². The van der Waals surface area contributed by atoms with Crippen LogP contribution in [0.25, 0.3) is 0 Å². The Kier molecular flexibility index (Phi) is 5.66. The molecule has 0 spiro atoms. The van der Waals surface area contributed by atoms with Crippen molar-refractivity contribution in [3.63, 3.8) is 0 Å². The van der Waals surface area contributed by atoms with E-state index in [1.807, 2.05) is 31.2 Å². The Morgan fingerprint density at radius 2 is 2.24 bits per heavy atom. The average molecular weight is 339 g/mol. The van der Waals surface area contributed by atoms with Gasteiger partial charge in [0.05, 0.1) is 5.56 Å². The molecule has 1 aromatic carbocycles. The normalized spacial score (nSPS) is 18.0. The lowest BCUT2D eigenvalue weighted by atomic mass is 9.97. The van der Waals surface area contributed by atoms with Crippen LogP contribution in [0.3, 0.4) is 0 Å². The molecule has 132 valence electrons. The molecule has 1 atom stereocenters. The van der Waals surface area contributed by atoms with E-state index in [2.05, 4.69) is 15.2 Å². The lowest BCUT2D eigenvalue weighted by molar-refractivity contribution is 0.0930. The highest BCUT2D eigenvalue weighted by atomic mass is 16.3. The fraction of sp³-hybridized carbons (Fsp3) is 0.400. The Hall–Kier alpha value is -2.40. The Morgan fingerprint density at radius 3 is 3.04 bits per heavy atom. The minimum Gasteiger partial charge on any atom is -0.508 e. The molecule has 25 heavy (non-hydrogen) atoms. The van der Waals surface area contributed by atoms with Gasteiger partial charge in [-0.05, 0) is 61.6 Å². The largest absolute Gasteiger partial charge is 0.508 e. The van der Waals surface area contributed by atoms with Crippen LogP contribution in [0.1, 0.15) is 34.3 Å². The Labute approximate surface area is 148 Å². The molecule has 0 radical (unpaired) electrons. The van der Waals surface area contributed by atoms with Crippen LogP contribution in [0.4, 0.5) is 0 Å². The summed E-state index contributed by atoms with van der Waals surface area (Å²) in [7, 11) is 0. The van der Waals surface area contributed by atoms with Crippen LogP contribution >= 0.6 is 0 Å². The monoisotopic (exact) mass is 339 g/mol. The highest BCUT2D eigenvalue weighted by molar-refractivity contribution is 5.93. The van der Waals surface area contributed by atoms with Crippen molar-refractivity contribution in [1.82, 2.24) is 15.2 Å². The van der Waals surface area contributed by atoms with Crippen LogP contribution in [0.15, 0.2) is 42.7 Å². The van der Waals surface area contributed by atoms with Crippen LogP contribution < -0.4 is 5.32 Å². The second kappa shape index (κ2) is 8.12. The van der Waals surface area contributed by atoms with Crippen LogP contribution in [0, 0.1) is 12.8 Å². The van der Waals surface area contributed by atoms with Crippen molar-refractivity contribution in [2.24, 2.45) is 5.92 Å². The zero-order chi connectivity index (χ0) is 17.6. The number of piperidine rings is 1. The maximum atomic E-state index is 12.3. The number of rotatable bonds is 5. The van der Waals surface area contributed by atoms with Crippen molar-refractivity contribution < 1.29 is 9.90 Å². The molecule has 0 aliphatic carbocycles. The molecular weight excluding hydrogens is 314 g/mol. The second-order valence-corrected chi connectivity index (χ2v) is 6.87. The van der Waals surface area contributed by atoms with Crippen molar-refractivity contribution in [3.05, 3.63) is 59.4 Å². The summed E-state index contributed by atoms with van der Waals surface area (Å²) in [5, 5.41) is 12.6. The van der Waals surface area contributed by atoms with Crippen LogP contribution in [0.2, 0.25) is 0 Å². The summed E-state index contributed by atoms with van der Waals surface area (Å²) in [6.45, 7) is 5.47. The van der Waals surface area contributed by atoms with Crippen LogP contribution in [-0.2, 0) is 6.54 Å². The lowest BCUT2D eigenvalue weighted by Gasteiger charge is -2.32. The number of hydrogen-bond acceptors (Lipinski definition) is 4. The van der Waals surface area contributed by atoms with Crippen LogP contribution in [-0.4, -0.2) is 40.5 Å². The fourth-order valence-corrected chi connectivity index (χ4v) is 3.39. The van der Waals surface area contributed by atoms with E-state index in [4.69, 9.17) is 0 Å². The van der Waals surface area contributed by atoms with E-state index in [9.17, 15) is 9.90 Å². The molecule has 0 saturated carbocycles. The molecule has 5 nitrogen and oxygen atoms in total. The number of amides is 1. The number of aryl methyl sites for hydroxylation is 1. The van der Waals surface area contributed by atoms with E-state index >= 15 is 0 Å². The van der Waals surface area contributed by atoms with Gasteiger partial charge in [-0.2, -0.15) is 0 Å². The third kappa shape index (κ3) is 5.03. The van der Waals surface area contributed by atoms with Crippen molar-refractivity contribution in [1.29, 1.82) is 0 Å². The summed E-state index contributed by atoms with van der Waals surface area (Å²) in [5.74, 6) is 0.708. The topological polar surface area (TPSA) is 65.5 Å². The van der Waals surface area contributed by atoms with Gasteiger partial charge in [-0.15, -0.1) is 0 Å². The molecule has 1 aliphatic heterocycles. The van der Waals surface area contributed by atoms with Gasteiger partial charge >= 0.3 is 0 Å². The summed E-state index contributed by atoms with van der Waals surface area (Å²) in [6.07, 6.45) is 5.61. The Balaban J connectivity index is 1.50. The van der Waals surface area contributed by atoms with Crippen molar-refractivity contribution in [2.75, 3.05) is 19.6 Å². The predicted molar refractivity (Wildman–Crippen MR) is 97.4 cm³/mol. The molecule has 2 heterocycles. The molecular formula is C20H25N3O2. The standard InChI is InChI=1S/C20H25N3O2/c1-15-8-18(12-21-10-15)20(25)22-11-17-5-3-7-23(14-17)13-16-4-2-6-19(24)9-16/h2,4,6,8-10,12,17,24H,3,5,7,11,13-14H2,1H3,(H,22,25)/t17-/m1/s1. The molecule has 1 aromatic heterocycles. The molecule has 2 aromatic rings. The first-order chi connectivity index (χ1) is 12.1. The molecule has 0 unspecified atom stereocenters. The van der Waals surface area contributed by atoms with E-state index in [-0.39, 0.29) is 5.91 Å². The quantitative estimate of drug-likeness (QED) is 0.879. The minimum atomic E-state index is -0.0543. The summed E-state index contributed by atoms with van der Waals surface area (Å²) < 4.78 is 0.